The van der Waals surface area contributed by atoms with Crippen LogP contribution in [0.2, 0.25) is 0 Å². The smallest absolute Gasteiger partial charge is 0.294 e. The molecule has 6 nitrogen and oxygen atoms in total. The molecule has 0 spiro atoms. The minimum absolute atomic E-state index is 0.226. The second-order valence-electron chi connectivity index (χ2n) is 8.09. The molecule has 0 radical (unpaired) electrons. The molecule has 0 bridgehead atoms. The molecule has 3 aromatic rings. The fourth-order valence-electron chi connectivity index (χ4n) is 4.02. The molecule has 3 aromatic carbocycles. The molecule has 5 rings (SSSR count). The van der Waals surface area contributed by atoms with Gasteiger partial charge in [-0.25, -0.2) is 0 Å². The van der Waals surface area contributed by atoms with Crippen molar-refractivity contribution in [2.24, 2.45) is 0 Å². The molecular formula is C27H22N2O4S. The number of benzene rings is 3. The molecule has 0 aliphatic carbocycles. The lowest BCUT2D eigenvalue weighted by Gasteiger charge is -2.29. The lowest BCUT2D eigenvalue weighted by molar-refractivity contribution is -0.136. The van der Waals surface area contributed by atoms with Crippen molar-refractivity contribution in [1.82, 2.24) is 9.80 Å². The van der Waals surface area contributed by atoms with Crippen LogP contribution >= 0.6 is 11.8 Å². The first-order valence-corrected chi connectivity index (χ1v) is 11.8. The summed E-state index contributed by atoms with van der Waals surface area (Å²) in [6, 6.07) is 24.7. The molecular weight excluding hydrogens is 448 g/mol. The number of hydrogen-bond acceptors (Lipinski definition) is 5. The minimum Gasteiger partial charge on any atom is -0.457 e. The van der Waals surface area contributed by atoms with Crippen molar-refractivity contribution in [1.29, 1.82) is 0 Å². The van der Waals surface area contributed by atoms with Gasteiger partial charge in [0.1, 0.15) is 18.0 Å². The Hall–Kier alpha value is -3.84. The zero-order valence-corrected chi connectivity index (χ0v) is 19.2. The Labute approximate surface area is 201 Å². The van der Waals surface area contributed by atoms with Gasteiger partial charge in [-0.05, 0) is 65.2 Å². The number of nitrogens with zero attached hydrogens (tertiary/aromatic N) is 2. The van der Waals surface area contributed by atoms with Crippen molar-refractivity contribution in [2.45, 2.75) is 13.0 Å². The van der Waals surface area contributed by atoms with E-state index in [1.807, 2.05) is 66.7 Å². The topological polar surface area (TPSA) is 66.9 Å². The molecule has 0 unspecified atom stereocenters. The van der Waals surface area contributed by atoms with Crippen LogP contribution in [0.1, 0.15) is 16.7 Å². The monoisotopic (exact) mass is 470 g/mol. The maximum absolute atomic E-state index is 12.9. The number of hydrogen-bond donors (Lipinski definition) is 0. The van der Waals surface area contributed by atoms with E-state index >= 15 is 0 Å². The molecule has 0 atom stereocenters. The second-order valence-corrected chi connectivity index (χ2v) is 9.08. The highest BCUT2D eigenvalue weighted by molar-refractivity contribution is 8.18. The molecule has 7 heteroatoms. The molecule has 1 saturated heterocycles. The third-order valence-corrected chi connectivity index (χ3v) is 6.69. The third-order valence-electron chi connectivity index (χ3n) is 5.79. The average Bonchev–Trinajstić information content (AvgIpc) is 3.11. The van der Waals surface area contributed by atoms with Crippen LogP contribution in [-0.2, 0) is 22.6 Å². The van der Waals surface area contributed by atoms with Crippen molar-refractivity contribution in [3.05, 3.63) is 100 Å². The first kappa shape index (κ1) is 22.0. The number of rotatable bonds is 5. The zero-order chi connectivity index (χ0) is 23.5. The molecule has 2 aliphatic rings. The number of fused-ring (bicyclic) bond motifs is 1. The van der Waals surface area contributed by atoms with Gasteiger partial charge >= 0.3 is 0 Å². The predicted octanol–water partition coefficient (Wildman–Crippen LogP) is 5.10. The SMILES string of the molecule is O=C(CN1C(=O)S/C(=C/c2cccc(Oc3ccccc3)c2)C1=O)N1CCc2ccccc2C1. The summed E-state index contributed by atoms with van der Waals surface area (Å²) in [5.74, 6) is 0.657. The van der Waals surface area contributed by atoms with Crippen LogP contribution in [0.4, 0.5) is 4.79 Å². The van der Waals surface area contributed by atoms with Gasteiger partial charge < -0.3 is 9.64 Å². The predicted molar refractivity (Wildman–Crippen MR) is 131 cm³/mol. The van der Waals surface area contributed by atoms with E-state index in [9.17, 15) is 14.4 Å². The molecule has 1 fully saturated rings. The summed E-state index contributed by atoms with van der Waals surface area (Å²) in [5.41, 5.74) is 3.07. The molecule has 2 heterocycles. The van der Waals surface area contributed by atoms with E-state index in [1.165, 1.54) is 5.56 Å². The van der Waals surface area contributed by atoms with Gasteiger partial charge in [-0.3, -0.25) is 19.3 Å². The van der Waals surface area contributed by atoms with Crippen LogP contribution in [0.5, 0.6) is 11.5 Å². The number of para-hydroxylation sites is 1. The number of amides is 3. The zero-order valence-electron chi connectivity index (χ0n) is 18.3. The Morgan fingerprint density at radius 3 is 2.47 bits per heavy atom. The van der Waals surface area contributed by atoms with Crippen LogP contribution in [-0.4, -0.2) is 39.9 Å². The molecule has 0 aromatic heterocycles. The Kier molecular flexibility index (Phi) is 6.18. The van der Waals surface area contributed by atoms with Gasteiger partial charge in [-0.2, -0.15) is 0 Å². The summed E-state index contributed by atoms with van der Waals surface area (Å²) < 4.78 is 5.85. The average molecular weight is 471 g/mol. The Morgan fingerprint density at radius 1 is 0.912 bits per heavy atom. The first-order valence-electron chi connectivity index (χ1n) is 11.0. The van der Waals surface area contributed by atoms with Crippen molar-refractivity contribution < 1.29 is 19.1 Å². The molecule has 2 aliphatic heterocycles. The van der Waals surface area contributed by atoms with Gasteiger partial charge in [0.15, 0.2) is 0 Å². The Balaban J connectivity index is 1.26. The summed E-state index contributed by atoms with van der Waals surface area (Å²) in [4.78, 5) is 41.4. The maximum Gasteiger partial charge on any atom is 0.294 e. The van der Waals surface area contributed by atoms with Crippen LogP contribution < -0.4 is 4.74 Å². The van der Waals surface area contributed by atoms with E-state index in [0.717, 1.165) is 34.2 Å². The highest BCUT2D eigenvalue weighted by Gasteiger charge is 2.37. The summed E-state index contributed by atoms with van der Waals surface area (Å²) in [6.45, 7) is 0.826. The Bertz CT molecular complexity index is 1290. The van der Waals surface area contributed by atoms with E-state index in [2.05, 4.69) is 6.07 Å². The van der Waals surface area contributed by atoms with Crippen molar-refractivity contribution >= 4 is 34.9 Å². The van der Waals surface area contributed by atoms with Crippen LogP contribution in [0, 0.1) is 0 Å². The van der Waals surface area contributed by atoms with Gasteiger partial charge in [-0.1, -0.05) is 54.6 Å². The van der Waals surface area contributed by atoms with Gasteiger partial charge in [0.05, 0.1) is 4.91 Å². The fraction of sp³-hybridized carbons (Fsp3) is 0.148. The standard InChI is InChI=1S/C27H22N2O4S/c30-25(28-14-13-20-8-4-5-9-21(20)17-28)18-29-26(31)24(34-27(29)32)16-19-7-6-12-23(15-19)33-22-10-2-1-3-11-22/h1-12,15-16H,13-14,17-18H2/b24-16+. The van der Waals surface area contributed by atoms with Gasteiger partial charge in [0.25, 0.3) is 11.1 Å². The number of imide groups is 1. The minimum atomic E-state index is -0.449. The molecule has 170 valence electrons. The molecule has 34 heavy (non-hydrogen) atoms. The van der Waals surface area contributed by atoms with Crippen molar-refractivity contribution in [3.63, 3.8) is 0 Å². The van der Waals surface area contributed by atoms with Crippen LogP contribution in [0.25, 0.3) is 6.08 Å². The largest absolute Gasteiger partial charge is 0.457 e. The normalized spacial score (nSPS) is 16.6. The lowest BCUT2D eigenvalue weighted by atomic mass is 10.00. The maximum atomic E-state index is 12.9. The van der Waals surface area contributed by atoms with E-state index in [0.29, 0.717) is 29.5 Å². The van der Waals surface area contributed by atoms with E-state index in [-0.39, 0.29) is 12.5 Å². The summed E-state index contributed by atoms with van der Waals surface area (Å²) >= 11 is 0.851. The second kappa shape index (κ2) is 9.57. The number of thioether (sulfide) groups is 1. The van der Waals surface area contributed by atoms with Crippen molar-refractivity contribution in [3.8, 4) is 11.5 Å². The molecule has 0 N–H and O–H groups in total. The highest BCUT2D eigenvalue weighted by atomic mass is 32.2. The molecule has 3 amide bonds. The number of carbonyl (C=O) groups is 3. The quantitative estimate of drug-likeness (QED) is 0.486. The summed E-state index contributed by atoms with van der Waals surface area (Å²) in [6.07, 6.45) is 2.43. The fourth-order valence-corrected chi connectivity index (χ4v) is 4.86. The Morgan fingerprint density at radius 2 is 1.65 bits per heavy atom. The van der Waals surface area contributed by atoms with Gasteiger partial charge in [0, 0.05) is 13.1 Å². The van der Waals surface area contributed by atoms with Gasteiger partial charge in [0.2, 0.25) is 5.91 Å². The van der Waals surface area contributed by atoms with E-state index < -0.39 is 11.1 Å². The third kappa shape index (κ3) is 4.75. The number of ether oxygens (including phenoxy) is 1. The highest BCUT2D eigenvalue weighted by Crippen LogP contribution is 2.33. The lowest BCUT2D eigenvalue weighted by Crippen LogP contribution is -2.44. The van der Waals surface area contributed by atoms with Crippen LogP contribution in [0.3, 0.4) is 0 Å². The molecule has 0 saturated carbocycles. The van der Waals surface area contributed by atoms with Crippen LogP contribution in [0.15, 0.2) is 83.8 Å². The van der Waals surface area contributed by atoms with Crippen molar-refractivity contribution in [2.75, 3.05) is 13.1 Å². The van der Waals surface area contributed by atoms with E-state index in [1.54, 1.807) is 17.0 Å². The first-order chi connectivity index (χ1) is 16.6. The summed E-state index contributed by atoms with van der Waals surface area (Å²) in [7, 11) is 0. The van der Waals surface area contributed by atoms with E-state index in [4.69, 9.17) is 4.74 Å². The number of carbonyl (C=O) groups excluding carboxylic acids is 3. The summed E-state index contributed by atoms with van der Waals surface area (Å²) in [5, 5.41) is -0.432. The van der Waals surface area contributed by atoms with Gasteiger partial charge in [-0.15, -0.1) is 0 Å².